The first-order valence-electron chi connectivity index (χ1n) is 6.58. The standard InChI is InChI=1S/C16H17ClFNO2/c1-20-7-8-21-14-4-2-3-12(9-14)11-19-13-5-6-16(18)15(17)10-13/h2-6,9-10,19H,7-8,11H2,1H3. The van der Waals surface area contributed by atoms with E-state index >= 15 is 0 Å². The fourth-order valence-corrected chi connectivity index (χ4v) is 1.98. The number of benzene rings is 2. The lowest BCUT2D eigenvalue weighted by Gasteiger charge is -2.10. The van der Waals surface area contributed by atoms with E-state index in [0.29, 0.717) is 19.8 Å². The highest BCUT2D eigenvalue weighted by molar-refractivity contribution is 6.31. The summed E-state index contributed by atoms with van der Waals surface area (Å²) in [5, 5.41) is 3.30. The molecule has 3 nitrogen and oxygen atoms in total. The van der Waals surface area contributed by atoms with Crippen LogP contribution >= 0.6 is 11.6 Å². The van der Waals surface area contributed by atoms with Crippen molar-refractivity contribution in [3.63, 3.8) is 0 Å². The maximum absolute atomic E-state index is 13.1. The molecule has 0 spiro atoms. The van der Waals surface area contributed by atoms with Gasteiger partial charge in [0.1, 0.15) is 18.2 Å². The van der Waals surface area contributed by atoms with Gasteiger partial charge in [-0.05, 0) is 35.9 Å². The topological polar surface area (TPSA) is 30.5 Å². The van der Waals surface area contributed by atoms with Crippen LogP contribution in [0.4, 0.5) is 10.1 Å². The molecule has 5 heteroatoms. The zero-order valence-corrected chi connectivity index (χ0v) is 12.5. The second-order valence-corrected chi connectivity index (χ2v) is 4.88. The van der Waals surface area contributed by atoms with Crippen molar-refractivity contribution in [3.05, 3.63) is 58.9 Å². The normalized spacial score (nSPS) is 10.4. The van der Waals surface area contributed by atoms with E-state index < -0.39 is 5.82 Å². The number of halogens is 2. The van der Waals surface area contributed by atoms with Gasteiger partial charge in [-0.2, -0.15) is 0 Å². The van der Waals surface area contributed by atoms with Crippen molar-refractivity contribution in [2.75, 3.05) is 25.6 Å². The molecule has 0 unspecified atom stereocenters. The minimum atomic E-state index is -0.421. The third-order valence-electron chi connectivity index (χ3n) is 2.87. The quantitative estimate of drug-likeness (QED) is 0.781. The molecule has 2 aromatic carbocycles. The van der Waals surface area contributed by atoms with E-state index in [0.717, 1.165) is 17.0 Å². The molecule has 0 atom stereocenters. The van der Waals surface area contributed by atoms with Crippen LogP contribution in [0.5, 0.6) is 5.75 Å². The summed E-state index contributed by atoms with van der Waals surface area (Å²) in [6, 6.07) is 12.3. The first-order chi connectivity index (χ1) is 10.2. The van der Waals surface area contributed by atoms with Crippen LogP contribution in [0.25, 0.3) is 0 Å². The molecule has 0 radical (unpaired) electrons. The number of hydrogen-bond donors (Lipinski definition) is 1. The van der Waals surface area contributed by atoms with Gasteiger partial charge in [-0.15, -0.1) is 0 Å². The van der Waals surface area contributed by atoms with Gasteiger partial charge < -0.3 is 14.8 Å². The zero-order valence-electron chi connectivity index (χ0n) is 11.7. The van der Waals surface area contributed by atoms with Crippen LogP contribution in [0.3, 0.4) is 0 Å². The van der Waals surface area contributed by atoms with Gasteiger partial charge in [-0.1, -0.05) is 23.7 Å². The predicted molar refractivity (Wildman–Crippen MR) is 82.5 cm³/mol. The predicted octanol–water partition coefficient (Wildman–Crippen LogP) is 4.12. The van der Waals surface area contributed by atoms with Crippen molar-refractivity contribution < 1.29 is 13.9 Å². The maximum atomic E-state index is 13.1. The Labute approximate surface area is 128 Å². The molecule has 0 saturated carbocycles. The zero-order chi connectivity index (χ0) is 15.1. The third-order valence-corrected chi connectivity index (χ3v) is 3.16. The molecule has 1 N–H and O–H groups in total. The minimum Gasteiger partial charge on any atom is -0.491 e. The fraction of sp³-hybridized carbons (Fsp3) is 0.250. The average molecular weight is 310 g/mol. The number of hydrogen-bond acceptors (Lipinski definition) is 3. The Morgan fingerprint density at radius 3 is 2.76 bits per heavy atom. The summed E-state index contributed by atoms with van der Waals surface area (Å²) < 4.78 is 23.6. The van der Waals surface area contributed by atoms with E-state index in [1.54, 1.807) is 19.2 Å². The minimum absolute atomic E-state index is 0.108. The van der Waals surface area contributed by atoms with Gasteiger partial charge in [-0.3, -0.25) is 0 Å². The average Bonchev–Trinajstić information content (AvgIpc) is 2.49. The first-order valence-corrected chi connectivity index (χ1v) is 6.96. The summed E-state index contributed by atoms with van der Waals surface area (Å²) in [7, 11) is 1.64. The molecule has 0 saturated heterocycles. The summed E-state index contributed by atoms with van der Waals surface area (Å²) in [5.41, 5.74) is 1.83. The second kappa shape index (κ2) is 7.86. The van der Waals surface area contributed by atoms with Crippen LogP contribution in [0.2, 0.25) is 5.02 Å². The second-order valence-electron chi connectivity index (χ2n) is 4.47. The van der Waals surface area contributed by atoms with Gasteiger partial charge in [0.05, 0.1) is 11.6 Å². The van der Waals surface area contributed by atoms with Crippen LogP contribution in [-0.2, 0) is 11.3 Å². The van der Waals surface area contributed by atoms with Crippen molar-refractivity contribution in [2.45, 2.75) is 6.54 Å². The van der Waals surface area contributed by atoms with Gasteiger partial charge in [0, 0.05) is 19.3 Å². The molecule has 0 aliphatic carbocycles. The third kappa shape index (κ3) is 4.92. The van der Waals surface area contributed by atoms with E-state index in [4.69, 9.17) is 21.1 Å². The van der Waals surface area contributed by atoms with E-state index in [-0.39, 0.29) is 5.02 Å². The summed E-state index contributed by atoms with van der Waals surface area (Å²) in [6.07, 6.45) is 0. The van der Waals surface area contributed by atoms with Crippen molar-refractivity contribution >= 4 is 17.3 Å². The van der Waals surface area contributed by atoms with Crippen LogP contribution in [0.1, 0.15) is 5.56 Å². The number of anilines is 1. The lowest BCUT2D eigenvalue weighted by molar-refractivity contribution is 0.146. The Kier molecular flexibility index (Phi) is 5.84. The Hall–Kier alpha value is -1.78. The fourth-order valence-electron chi connectivity index (χ4n) is 1.80. The van der Waals surface area contributed by atoms with E-state index in [1.165, 1.54) is 6.07 Å². The molecular weight excluding hydrogens is 293 g/mol. The Bertz CT molecular complexity index is 592. The largest absolute Gasteiger partial charge is 0.491 e. The van der Waals surface area contributed by atoms with Gasteiger partial charge in [-0.25, -0.2) is 4.39 Å². The van der Waals surface area contributed by atoms with Crippen molar-refractivity contribution in [2.24, 2.45) is 0 Å². The number of ether oxygens (including phenoxy) is 2. The van der Waals surface area contributed by atoms with Gasteiger partial charge in [0.15, 0.2) is 0 Å². The van der Waals surface area contributed by atoms with Gasteiger partial charge >= 0.3 is 0 Å². The highest BCUT2D eigenvalue weighted by atomic mass is 35.5. The molecule has 0 aliphatic rings. The molecular formula is C16H17ClFNO2. The Morgan fingerprint density at radius 2 is 2.00 bits per heavy atom. The van der Waals surface area contributed by atoms with Crippen molar-refractivity contribution in [3.8, 4) is 5.75 Å². The summed E-state index contributed by atoms with van der Waals surface area (Å²) in [4.78, 5) is 0. The Balaban J connectivity index is 1.93. The molecule has 2 aromatic rings. The first kappa shape index (κ1) is 15.6. The van der Waals surface area contributed by atoms with Crippen molar-refractivity contribution in [1.29, 1.82) is 0 Å². The lowest BCUT2D eigenvalue weighted by Crippen LogP contribution is -2.05. The molecule has 112 valence electrons. The lowest BCUT2D eigenvalue weighted by atomic mass is 10.2. The smallest absolute Gasteiger partial charge is 0.141 e. The number of nitrogens with one attached hydrogen (secondary N) is 1. The molecule has 2 rings (SSSR count). The maximum Gasteiger partial charge on any atom is 0.141 e. The van der Waals surface area contributed by atoms with E-state index in [2.05, 4.69) is 5.32 Å². The highest BCUT2D eigenvalue weighted by Gasteiger charge is 2.01. The van der Waals surface area contributed by atoms with Crippen LogP contribution in [0.15, 0.2) is 42.5 Å². The summed E-state index contributed by atoms with van der Waals surface area (Å²) in [5.74, 6) is 0.374. The molecule has 0 fully saturated rings. The Morgan fingerprint density at radius 1 is 1.14 bits per heavy atom. The van der Waals surface area contributed by atoms with Crippen LogP contribution in [0, 0.1) is 5.82 Å². The molecule has 21 heavy (non-hydrogen) atoms. The monoisotopic (exact) mass is 309 g/mol. The highest BCUT2D eigenvalue weighted by Crippen LogP contribution is 2.20. The van der Waals surface area contributed by atoms with E-state index in [1.807, 2.05) is 24.3 Å². The van der Waals surface area contributed by atoms with Crippen LogP contribution < -0.4 is 10.1 Å². The number of methoxy groups -OCH3 is 1. The summed E-state index contributed by atoms with van der Waals surface area (Å²) in [6.45, 7) is 1.67. The van der Waals surface area contributed by atoms with Gasteiger partial charge in [0.2, 0.25) is 0 Å². The summed E-state index contributed by atoms with van der Waals surface area (Å²) >= 11 is 5.74. The molecule has 0 amide bonds. The van der Waals surface area contributed by atoms with Gasteiger partial charge in [0.25, 0.3) is 0 Å². The van der Waals surface area contributed by atoms with E-state index in [9.17, 15) is 4.39 Å². The molecule has 0 aromatic heterocycles. The number of rotatable bonds is 7. The van der Waals surface area contributed by atoms with Crippen LogP contribution in [-0.4, -0.2) is 20.3 Å². The molecule has 0 bridgehead atoms. The van der Waals surface area contributed by atoms with Crippen molar-refractivity contribution in [1.82, 2.24) is 0 Å². The molecule has 0 heterocycles. The molecule has 0 aliphatic heterocycles. The SMILES string of the molecule is COCCOc1cccc(CNc2ccc(F)c(Cl)c2)c1.